The minimum Gasteiger partial charge on any atom is -0.363 e. The first-order valence-corrected chi connectivity index (χ1v) is 8.15. The van der Waals surface area contributed by atoms with E-state index < -0.39 is 0 Å². The van der Waals surface area contributed by atoms with Crippen molar-refractivity contribution < 1.29 is 4.39 Å². The van der Waals surface area contributed by atoms with Gasteiger partial charge in [0.25, 0.3) is 0 Å². The fourth-order valence-corrected chi connectivity index (χ4v) is 2.80. The van der Waals surface area contributed by atoms with Crippen molar-refractivity contribution in [3.63, 3.8) is 0 Å². The van der Waals surface area contributed by atoms with Crippen LogP contribution in [0.15, 0.2) is 29.0 Å². The Bertz CT molecular complexity index is 687. The number of hydrogen-bond donors (Lipinski definition) is 0. The third kappa shape index (κ3) is 3.52. The largest absolute Gasteiger partial charge is 0.363 e. The molecule has 0 bridgehead atoms. The predicted octanol–water partition coefficient (Wildman–Crippen LogP) is 2.17. The highest BCUT2D eigenvalue weighted by molar-refractivity contribution is 9.10. The number of pyridine rings is 1. The van der Waals surface area contributed by atoms with Crippen LogP contribution >= 0.6 is 15.9 Å². The maximum Gasteiger partial charge on any atom is 0.227 e. The zero-order valence-corrected chi connectivity index (χ0v) is 14.7. The summed E-state index contributed by atoms with van der Waals surface area (Å²) in [5.74, 6) is 1.67. The highest BCUT2D eigenvalue weighted by Crippen LogP contribution is 2.22. The standard InChI is InChI=1S/C15H18BrFN6/c1-21(2)13-3-4-18-15(20-13)23-7-5-22(6-8-23)14-12(17)9-11(16)10-19-14/h3-4,9-10H,5-8H2,1-2H3. The molecule has 8 heteroatoms. The molecule has 0 amide bonds. The normalized spacial score (nSPS) is 15.0. The Morgan fingerprint density at radius 1 is 1.13 bits per heavy atom. The van der Waals surface area contributed by atoms with Gasteiger partial charge in [0, 0.05) is 57.1 Å². The zero-order chi connectivity index (χ0) is 16.4. The lowest BCUT2D eigenvalue weighted by Gasteiger charge is -2.35. The van der Waals surface area contributed by atoms with E-state index in [0.29, 0.717) is 29.3 Å². The van der Waals surface area contributed by atoms with Gasteiger partial charge in [0.1, 0.15) is 5.82 Å². The van der Waals surface area contributed by atoms with Gasteiger partial charge in [0.2, 0.25) is 5.95 Å². The third-order valence-electron chi connectivity index (χ3n) is 3.74. The summed E-state index contributed by atoms with van der Waals surface area (Å²) < 4.78 is 14.7. The minimum absolute atomic E-state index is 0.307. The second-order valence-electron chi connectivity index (χ2n) is 5.54. The number of nitrogens with zero attached hydrogens (tertiary/aromatic N) is 6. The maximum atomic E-state index is 14.0. The number of aromatic nitrogens is 3. The fourth-order valence-electron chi connectivity index (χ4n) is 2.50. The van der Waals surface area contributed by atoms with Gasteiger partial charge in [0.15, 0.2) is 11.6 Å². The van der Waals surface area contributed by atoms with Crippen LogP contribution in [0, 0.1) is 5.82 Å². The van der Waals surface area contributed by atoms with Crippen molar-refractivity contribution in [2.75, 3.05) is 55.0 Å². The quantitative estimate of drug-likeness (QED) is 0.812. The molecule has 1 aliphatic heterocycles. The van der Waals surface area contributed by atoms with E-state index in [1.165, 1.54) is 6.07 Å². The average Bonchev–Trinajstić information content (AvgIpc) is 2.55. The van der Waals surface area contributed by atoms with Gasteiger partial charge in [0.05, 0.1) is 0 Å². The second kappa shape index (κ2) is 6.66. The third-order valence-corrected chi connectivity index (χ3v) is 4.17. The van der Waals surface area contributed by atoms with E-state index in [-0.39, 0.29) is 5.82 Å². The van der Waals surface area contributed by atoms with Gasteiger partial charge in [-0.05, 0) is 28.1 Å². The molecule has 1 fully saturated rings. The van der Waals surface area contributed by atoms with E-state index in [2.05, 4.69) is 35.8 Å². The maximum absolute atomic E-state index is 14.0. The lowest BCUT2D eigenvalue weighted by Crippen LogP contribution is -2.47. The van der Waals surface area contributed by atoms with Crippen LogP contribution in [-0.4, -0.2) is 55.2 Å². The van der Waals surface area contributed by atoms with Crippen molar-refractivity contribution in [1.29, 1.82) is 0 Å². The molecule has 0 N–H and O–H groups in total. The average molecular weight is 381 g/mol. The summed E-state index contributed by atoms with van der Waals surface area (Å²) >= 11 is 3.23. The van der Waals surface area contributed by atoms with Crippen LogP contribution in [0.3, 0.4) is 0 Å². The van der Waals surface area contributed by atoms with Crippen LogP contribution in [0.4, 0.5) is 22.0 Å². The second-order valence-corrected chi connectivity index (χ2v) is 6.46. The molecule has 3 rings (SSSR count). The number of rotatable bonds is 3. The lowest BCUT2D eigenvalue weighted by atomic mass is 10.3. The van der Waals surface area contributed by atoms with E-state index >= 15 is 0 Å². The van der Waals surface area contributed by atoms with Gasteiger partial charge in [-0.25, -0.2) is 14.4 Å². The molecule has 2 aromatic rings. The van der Waals surface area contributed by atoms with Crippen molar-refractivity contribution >= 4 is 33.5 Å². The summed E-state index contributed by atoms with van der Waals surface area (Å²) in [6, 6.07) is 3.32. The Hall–Kier alpha value is -1.96. The van der Waals surface area contributed by atoms with Gasteiger partial charge >= 0.3 is 0 Å². The van der Waals surface area contributed by atoms with Crippen molar-refractivity contribution in [3.05, 3.63) is 34.8 Å². The molecule has 23 heavy (non-hydrogen) atoms. The number of piperazine rings is 1. The molecule has 1 saturated heterocycles. The summed E-state index contributed by atoms with van der Waals surface area (Å²) in [7, 11) is 3.90. The smallest absolute Gasteiger partial charge is 0.227 e. The van der Waals surface area contributed by atoms with Crippen LogP contribution in [0.2, 0.25) is 0 Å². The monoisotopic (exact) mass is 380 g/mol. The molecule has 122 valence electrons. The van der Waals surface area contributed by atoms with Crippen molar-refractivity contribution in [1.82, 2.24) is 15.0 Å². The molecule has 0 unspecified atom stereocenters. The van der Waals surface area contributed by atoms with E-state index in [4.69, 9.17) is 0 Å². The van der Waals surface area contributed by atoms with E-state index in [1.807, 2.05) is 30.0 Å². The fraction of sp³-hybridized carbons (Fsp3) is 0.400. The van der Waals surface area contributed by atoms with Crippen molar-refractivity contribution in [2.45, 2.75) is 0 Å². The van der Waals surface area contributed by atoms with E-state index in [0.717, 1.165) is 18.9 Å². The number of halogens is 2. The van der Waals surface area contributed by atoms with Gasteiger partial charge in [-0.2, -0.15) is 4.98 Å². The molecular formula is C15H18BrFN6. The summed E-state index contributed by atoms with van der Waals surface area (Å²) in [5, 5.41) is 0. The Kier molecular flexibility index (Phi) is 4.61. The van der Waals surface area contributed by atoms with E-state index in [1.54, 1.807) is 12.4 Å². The highest BCUT2D eigenvalue weighted by Gasteiger charge is 2.22. The molecule has 0 aliphatic carbocycles. The Labute approximate surface area is 143 Å². The van der Waals surface area contributed by atoms with Crippen LogP contribution in [0.25, 0.3) is 0 Å². The predicted molar refractivity (Wildman–Crippen MR) is 92.7 cm³/mol. The molecule has 0 aromatic carbocycles. The first-order chi connectivity index (χ1) is 11.0. The number of hydrogen-bond acceptors (Lipinski definition) is 6. The molecule has 0 saturated carbocycles. The zero-order valence-electron chi connectivity index (χ0n) is 13.1. The Morgan fingerprint density at radius 3 is 2.48 bits per heavy atom. The van der Waals surface area contributed by atoms with Crippen LogP contribution in [0.5, 0.6) is 0 Å². The molecular weight excluding hydrogens is 363 g/mol. The summed E-state index contributed by atoms with van der Waals surface area (Å²) in [6.45, 7) is 2.82. The molecule has 0 spiro atoms. The Balaban J connectivity index is 1.70. The van der Waals surface area contributed by atoms with Gasteiger partial charge in [-0.1, -0.05) is 0 Å². The summed E-state index contributed by atoms with van der Waals surface area (Å²) in [4.78, 5) is 19.1. The molecule has 1 aliphatic rings. The molecule has 6 nitrogen and oxygen atoms in total. The number of anilines is 3. The SMILES string of the molecule is CN(C)c1ccnc(N2CCN(c3ncc(Br)cc3F)CC2)n1. The highest BCUT2D eigenvalue weighted by atomic mass is 79.9. The molecule has 3 heterocycles. The van der Waals surface area contributed by atoms with Crippen molar-refractivity contribution in [3.8, 4) is 0 Å². The van der Waals surface area contributed by atoms with E-state index in [9.17, 15) is 4.39 Å². The van der Waals surface area contributed by atoms with Crippen LogP contribution < -0.4 is 14.7 Å². The first kappa shape index (κ1) is 15.9. The van der Waals surface area contributed by atoms with Gasteiger partial charge < -0.3 is 14.7 Å². The lowest BCUT2D eigenvalue weighted by molar-refractivity contribution is 0.584. The Morgan fingerprint density at radius 2 is 1.83 bits per heavy atom. The summed E-state index contributed by atoms with van der Waals surface area (Å²) in [5.41, 5.74) is 0. The molecule has 0 atom stereocenters. The first-order valence-electron chi connectivity index (χ1n) is 7.36. The summed E-state index contributed by atoms with van der Waals surface area (Å²) in [6.07, 6.45) is 3.38. The van der Waals surface area contributed by atoms with Crippen LogP contribution in [-0.2, 0) is 0 Å². The van der Waals surface area contributed by atoms with Gasteiger partial charge in [-0.3, -0.25) is 0 Å². The van der Waals surface area contributed by atoms with Gasteiger partial charge in [-0.15, -0.1) is 0 Å². The molecule has 2 aromatic heterocycles. The van der Waals surface area contributed by atoms with Crippen LogP contribution in [0.1, 0.15) is 0 Å². The molecule has 0 radical (unpaired) electrons. The topological polar surface area (TPSA) is 48.4 Å². The minimum atomic E-state index is -0.307. The van der Waals surface area contributed by atoms with Crippen molar-refractivity contribution in [2.24, 2.45) is 0 Å².